The first-order chi connectivity index (χ1) is 12.4. The average Bonchev–Trinajstić information content (AvgIpc) is 3.03. The quantitative estimate of drug-likeness (QED) is 0.248. The molecule has 0 fully saturated rings. The molecule has 1 aromatic carbocycles. The van der Waals surface area contributed by atoms with E-state index in [2.05, 4.69) is 15.6 Å². The molecule has 154 valence electrons. The molecule has 10 heteroatoms. The van der Waals surface area contributed by atoms with Gasteiger partial charge in [-0.15, -0.1) is 24.0 Å². The smallest absolute Gasteiger partial charge is 0.401 e. The van der Waals surface area contributed by atoms with Gasteiger partial charge >= 0.3 is 6.18 Å². The Hall–Kier alpha value is -1.43. The lowest BCUT2D eigenvalue weighted by Gasteiger charge is -2.19. The molecular formula is C17H26F3IN4O2. The van der Waals surface area contributed by atoms with Crippen molar-refractivity contribution in [3.05, 3.63) is 23.8 Å². The van der Waals surface area contributed by atoms with Crippen molar-refractivity contribution in [3.8, 4) is 11.5 Å². The van der Waals surface area contributed by atoms with E-state index >= 15 is 0 Å². The lowest BCUT2D eigenvalue weighted by Crippen LogP contribution is -2.40. The number of ether oxygens (including phenoxy) is 2. The Balaban J connectivity index is 0.00000364. The van der Waals surface area contributed by atoms with E-state index in [1.807, 2.05) is 18.2 Å². The highest BCUT2D eigenvalue weighted by atomic mass is 127. The van der Waals surface area contributed by atoms with Gasteiger partial charge in [-0.25, -0.2) is 0 Å². The van der Waals surface area contributed by atoms with Crippen LogP contribution in [0, 0.1) is 0 Å². The molecule has 0 amide bonds. The van der Waals surface area contributed by atoms with Crippen LogP contribution < -0.4 is 20.1 Å². The Morgan fingerprint density at radius 3 is 2.59 bits per heavy atom. The van der Waals surface area contributed by atoms with Crippen LogP contribution in [0.15, 0.2) is 23.2 Å². The second kappa shape index (κ2) is 11.4. The zero-order chi connectivity index (χ0) is 19.0. The van der Waals surface area contributed by atoms with Crippen molar-refractivity contribution in [1.29, 1.82) is 0 Å². The molecule has 0 atom stereocenters. The van der Waals surface area contributed by atoms with E-state index in [4.69, 9.17) is 9.47 Å². The molecule has 0 unspecified atom stereocenters. The summed E-state index contributed by atoms with van der Waals surface area (Å²) < 4.78 is 47.4. The molecule has 1 aromatic rings. The molecule has 0 saturated carbocycles. The number of aliphatic imine (C=N–C) groups is 1. The van der Waals surface area contributed by atoms with Crippen LogP contribution in [-0.2, 0) is 6.42 Å². The van der Waals surface area contributed by atoms with E-state index in [0.717, 1.165) is 23.5 Å². The Labute approximate surface area is 174 Å². The van der Waals surface area contributed by atoms with Crippen LogP contribution in [0.3, 0.4) is 0 Å². The maximum absolute atomic E-state index is 12.2. The standard InChI is InChI=1S/C17H25F3N4O2.HI/c1-21-16(22-7-3-9-24(2)11-17(18,19)20)23-8-6-13-4-5-14-15(10-13)26-12-25-14;/h4-5,10H,3,6-9,11-12H2,1-2H3,(H2,21,22,23);1H. The molecule has 0 spiro atoms. The van der Waals surface area contributed by atoms with E-state index in [0.29, 0.717) is 32.0 Å². The predicted octanol–water partition coefficient (Wildman–Crippen LogP) is 2.63. The fourth-order valence-electron chi connectivity index (χ4n) is 2.58. The highest BCUT2D eigenvalue weighted by molar-refractivity contribution is 14.0. The number of halogens is 4. The average molecular weight is 502 g/mol. The normalized spacial score (nSPS) is 13.5. The maximum atomic E-state index is 12.2. The van der Waals surface area contributed by atoms with Crippen LogP contribution >= 0.6 is 24.0 Å². The summed E-state index contributed by atoms with van der Waals surface area (Å²) in [6.07, 6.45) is -2.78. The third kappa shape index (κ3) is 8.87. The lowest BCUT2D eigenvalue weighted by molar-refractivity contribution is -0.143. The second-order valence-electron chi connectivity index (χ2n) is 6.07. The van der Waals surface area contributed by atoms with Gasteiger partial charge in [0.1, 0.15) is 0 Å². The molecule has 0 aliphatic carbocycles. The summed E-state index contributed by atoms with van der Waals surface area (Å²) in [5.41, 5.74) is 1.12. The number of nitrogens with zero attached hydrogens (tertiary/aromatic N) is 2. The van der Waals surface area contributed by atoms with Crippen LogP contribution in [-0.4, -0.2) is 64.1 Å². The van der Waals surface area contributed by atoms with E-state index in [9.17, 15) is 13.2 Å². The van der Waals surface area contributed by atoms with E-state index < -0.39 is 12.7 Å². The van der Waals surface area contributed by atoms with Crippen molar-refractivity contribution in [3.63, 3.8) is 0 Å². The van der Waals surface area contributed by atoms with Gasteiger partial charge in [0, 0.05) is 20.1 Å². The Morgan fingerprint density at radius 2 is 1.89 bits per heavy atom. The van der Waals surface area contributed by atoms with Gasteiger partial charge in [0.15, 0.2) is 17.5 Å². The number of nitrogens with one attached hydrogen (secondary N) is 2. The summed E-state index contributed by atoms with van der Waals surface area (Å²) in [6.45, 7) is 0.946. The molecular weight excluding hydrogens is 476 g/mol. The number of hydrogen-bond acceptors (Lipinski definition) is 4. The van der Waals surface area contributed by atoms with Gasteiger partial charge in [-0.2, -0.15) is 13.2 Å². The molecule has 0 saturated heterocycles. The lowest BCUT2D eigenvalue weighted by atomic mass is 10.1. The summed E-state index contributed by atoms with van der Waals surface area (Å²) >= 11 is 0. The summed E-state index contributed by atoms with van der Waals surface area (Å²) in [7, 11) is 3.12. The molecule has 2 rings (SSSR count). The summed E-state index contributed by atoms with van der Waals surface area (Å²) in [6, 6.07) is 5.83. The zero-order valence-corrected chi connectivity index (χ0v) is 17.8. The van der Waals surface area contributed by atoms with Crippen LogP contribution in [0.1, 0.15) is 12.0 Å². The third-order valence-corrected chi connectivity index (χ3v) is 3.82. The zero-order valence-electron chi connectivity index (χ0n) is 15.4. The minimum atomic E-state index is -4.16. The number of hydrogen-bond donors (Lipinski definition) is 2. The fraction of sp³-hybridized carbons (Fsp3) is 0.588. The molecule has 0 aromatic heterocycles. The summed E-state index contributed by atoms with van der Waals surface area (Å²) in [4.78, 5) is 5.37. The maximum Gasteiger partial charge on any atom is 0.401 e. The first-order valence-electron chi connectivity index (χ1n) is 8.46. The highest BCUT2D eigenvalue weighted by Gasteiger charge is 2.28. The second-order valence-corrected chi connectivity index (χ2v) is 6.07. The van der Waals surface area contributed by atoms with Gasteiger partial charge in [-0.3, -0.25) is 9.89 Å². The first-order valence-corrected chi connectivity index (χ1v) is 8.46. The minimum absolute atomic E-state index is 0. The van der Waals surface area contributed by atoms with Crippen molar-refractivity contribution < 1.29 is 22.6 Å². The number of fused-ring (bicyclic) bond motifs is 1. The Morgan fingerprint density at radius 1 is 1.19 bits per heavy atom. The van der Waals surface area contributed by atoms with E-state index in [-0.39, 0.29) is 30.8 Å². The van der Waals surface area contributed by atoms with Gasteiger partial charge in [-0.1, -0.05) is 6.07 Å². The fourth-order valence-corrected chi connectivity index (χ4v) is 2.58. The molecule has 2 N–H and O–H groups in total. The molecule has 1 aliphatic rings. The summed E-state index contributed by atoms with van der Waals surface area (Å²) in [5, 5.41) is 6.29. The minimum Gasteiger partial charge on any atom is -0.454 e. The van der Waals surface area contributed by atoms with Crippen molar-refractivity contribution in [2.45, 2.75) is 19.0 Å². The first kappa shape index (κ1) is 23.6. The number of guanidine groups is 1. The molecule has 0 bridgehead atoms. The molecule has 1 aliphatic heterocycles. The van der Waals surface area contributed by atoms with Gasteiger partial charge in [-0.05, 0) is 44.1 Å². The number of alkyl halides is 3. The van der Waals surface area contributed by atoms with Crippen LogP contribution in [0.4, 0.5) is 13.2 Å². The number of rotatable bonds is 8. The van der Waals surface area contributed by atoms with Gasteiger partial charge in [0.25, 0.3) is 0 Å². The van der Waals surface area contributed by atoms with Crippen molar-refractivity contribution >= 4 is 29.9 Å². The van der Waals surface area contributed by atoms with Gasteiger partial charge in [0.2, 0.25) is 6.79 Å². The summed E-state index contributed by atoms with van der Waals surface area (Å²) in [5.74, 6) is 2.15. The largest absolute Gasteiger partial charge is 0.454 e. The van der Waals surface area contributed by atoms with E-state index in [1.54, 1.807) is 7.05 Å². The molecule has 27 heavy (non-hydrogen) atoms. The number of benzene rings is 1. The topological polar surface area (TPSA) is 58.1 Å². The van der Waals surface area contributed by atoms with E-state index in [1.165, 1.54) is 11.9 Å². The van der Waals surface area contributed by atoms with Crippen LogP contribution in [0.25, 0.3) is 0 Å². The third-order valence-electron chi connectivity index (χ3n) is 3.82. The van der Waals surface area contributed by atoms with Crippen LogP contribution in [0.5, 0.6) is 11.5 Å². The molecule has 0 radical (unpaired) electrons. The van der Waals surface area contributed by atoms with Crippen LogP contribution in [0.2, 0.25) is 0 Å². The Kier molecular flexibility index (Phi) is 9.99. The Bertz CT molecular complexity index is 614. The SMILES string of the molecule is CN=C(NCCCN(C)CC(F)(F)F)NCCc1ccc2c(c1)OCO2.I. The van der Waals surface area contributed by atoms with Crippen molar-refractivity contribution in [2.75, 3.05) is 47.1 Å². The van der Waals surface area contributed by atoms with Gasteiger partial charge in [0.05, 0.1) is 6.54 Å². The molecule has 1 heterocycles. The molecule has 6 nitrogen and oxygen atoms in total. The van der Waals surface area contributed by atoms with Crippen molar-refractivity contribution in [2.24, 2.45) is 4.99 Å². The predicted molar refractivity (Wildman–Crippen MR) is 109 cm³/mol. The van der Waals surface area contributed by atoms with Gasteiger partial charge < -0.3 is 20.1 Å². The monoisotopic (exact) mass is 502 g/mol. The van der Waals surface area contributed by atoms with Crippen molar-refractivity contribution in [1.82, 2.24) is 15.5 Å². The highest BCUT2D eigenvalue weighted by Crippen LogP contribution is 2.32.